The van der Waals surface area contributed by atoms with Crippen molar-refractivity contribution in [3.8, 4) is 0 Å². The molecule has 0 aliphatic carbocycles. The SMILES string of the molecule is O=C(O)c1cccc2nc(CN3CCCC3)nn12. The maximum absolute atomic E-state index is 11.1. The van der Waals surface area contributed by atoms with Crippen molar-refractivity contribution in [1.82, 2.24) is 19.5 Å². The second kappa shape index (κ2) is 4.38. The zero-order chi connectivity index (χ0) is 12.5. The van der Waals surface area contributed by atoms with Gasteiger partial charge in [-0.25, -0.2) is 14.3 Å². The summed E-state index contributed by atoms with van der Waals surface area (Å²) in [5, 5.41) is 13.4. The zero-order valence-corrected chi connectivity index (χ0v) is 9.91. The molecule has 0 spiro atoms. The lowest BCUT2D eigenvalue weighted by molar-refractivity contribution is 0.0687. The number of likely N-dealkylation sites (tertiary alicyclic amines) is 1. The van der Waals surface area contributed by atoms with Crippen molar-refractivity contribution in [1.29, 1.82) is 0 Å². The summed E-state index contributed by atoms with van der Waals surface area (Å²) >= 11 is 0. The molecule has 0 saturated carbocycles. The Morgan fingerprint density at radius 3 is 2.83 bits per heavy atom. The topological polar surface area (TPSA) is 70.7 Å². The maximum Gasteiger partial charge on any atom is 0.354 e. The van der Waals surface area contributed by atoms with Crippen LogP contribution < -0.4 is 0 Å². The summed E-state index contributed by atoms with van der Waals surface area (Å²) in [7, 11) is 0. The molecular weight excluding hydrogens is 232 g/mol. The van der Waals surface area contributed by atoms with Gasteiger partial charge in [-0.15, -0.1) is 5.10 Å². The lowest BCUT2D eigenvalue weighted by Crippen LogP contribution is -2.19. The van der Waals surface area contributed by atoms with Gasteiger partial charge in [0.15, 0.2) is 17.2 Å². The van der Waals surface area contributed by atoms with E-state index in [1.165, 1.54) is 23.4 Å². The van der Waals surface area contributed by atoms with Gasteiger partial charge in [0.25, 0.3) is 0 Å². The predicted octanol–water partition coefficient (Wildman–Crippen LogP) is 1.02. The van der Waals surface area contributed by atoms with E-state index in [-0.39, 0.29) is 5.69 Å². The van der Waals surface area contributed by atoms with Gasteiger partial charge in [0.2, 0.25) is 0 Å². The highest BCUT2D eigenvalue weighted by Crippen LogP contribution is 2.12. The van der Waals surface area contributed by atoms with Gasteiger partial charge in [-0.05, 0) is 38.1 Å². The van der Waals surface area contributed by atoms with E-state index in [0.29, 0.717) is 18.0 Å². The molecule has 3 rings (SSSR count). The molecule has 6 nitrogen and oxygen atoms in total. The van der Waals surface area contributed by atoms with E-state index in [9.17, 15) is 4.79 Å². The quantitative estimate of drug-likeness (QED) is 0.875. The Bertz CT molecular complexity index is 587. The van der Waals surface area contributed by atoms with E-state index in [0.717, 1.165) is 13.1 Å². The normalized spacial score (nSPS) is 16.4. The average molecular weight is 246 g/mol. The van der Waals surface area contributed by atoms with Crippen LogP contribution in [-0.4, -0.2) is 43.7 Å². The van der Waals surface area contributed by atoms with Crippen LogP contribution in [0.25, 0.3) is 5.65 Å². The Labute approximate surface area is 104 Å². The fourth-order valence-electron chi connectivity index (χ4n) is 2.32. The number of fused-ring (bicyclic) bond motifs is 1. The Hall–Kier alpha value is -1.95. The summed E-state index contributed by atoms with van der Waals surface area (Å²) in [5.41, 5.74) is 0.733. The fraction of sp³-hybridized carbons (Fsp3) is 0.417. The summed E-state index contributed by atoms with van der Waals surface area (Å²) in [6.07, 6.45) is 2.43. The number of carboxylic acids is 1. The van der Waals surface area contributed by atoms with Crippen molar-refractivity contribution >= 4 is 11.6 Å². The molecule has 94 valence electrons. The van der Waals surface area contributed by atoms with Gasteiger partial charge in [-0.3, -0.25) is 4.90 Å². The molecule has 0 amide bonds. The number of aromatic carboxylic acids is 1. The van der Waals surface area contributed by atoms with Crippen LogP contribution in [0.2, 0.25) is 0 Å². The first-order valence-corrected chi connectivity index (χ1v) is 6.04. The summed E-state index contributed by atoms with van der Waals surface area (Å²) in [6, 6.07) is 4.99. The van der Waals surface area contributed by atoms with E-state index >= 15 is 0 Å². The van der Waals surface area contributed by atoms with Crippen molar-refractivity contribution in [2.24, 2.45) is 0 Å². The van der Waals surface area contributed by atoms with Crippen LogP contribution in [0.4, 0.5) is 0 Å². The highest BCUT2D eigenvalue weighted by atomic mass is 16.4. The summed E-state index contributed by atoms with van der Waals surface area (Å²) in [6.45, 7) is 2.84. The first-order chi connectivity index (χ1) is 8.74. The van der Waals surface area contributed by atoms with E-state index < -0.39 is 5.97 Å². The number of carbonyl (C=O) groups is 1. The van der Waals surface area contributed by atoms with Gasteiger partial charge in [0.1, 0.15) is 0 Å². The lowest BCUT2D eigenvalue weighted by Gasteiger charge is -2.10. The van der Waals surface area contributed by atoms with E-state index in [2.05, 4.69) is 15.0 Å². The van der Waals surface area contributed by atoms with Crippen LogP contribution in [0.3, 0.4) is 0 Å². The Kier molecular flexibility index (Phi) is 2.71. The van der Waals surface area contributed by atoms with Crippen LogP contribution in [0.1, 0.15) is 29.2 Å². The number of hydrogen-bond donors (Lipinski definition) is 1. The first-order valence-electron chi connectivity index (χ1n) is 6.04. The Balaban J connectivity index is 1.94. The van der Waals surface area contributed by atoms with Crippen LogP contribution in [0, 0.1) is 0 Å². The van der Waals surface area contributed by atoms with Crippen LogP contribution in [0.5, 0.6) is 0 Å². The lowest BCUT2D eigenvalue weighted by atomic mass is 10.3. The van der Waals surface area contributed by atoms with Gasteiger partial charge in [-0.2, -0.15) is 0 Å². The number of pyridine rings is 1. The monoisotopic (exact) mass is 246 g/mol. The molecule has 1 aliphatic rings. The molecule has 3 heterocycles. The maximum atomic E-state index is 11.1. The molecular formula is C12H14N4O2. The van der Waals surface area contributed by atoms with E-state index in [1.54, 1.807) is 12.1 Å². The second-order valence-electron chi connectivity index (χ2n) is 4.50. The largest absolute Gasteiger partial charge is 0.477 e. The highest BCUT2D eigenvalue weighted by molar-refractivity contribution is 5.86. The molecule has 0 atom stereocenters. The van der Waals surface area contributed by atoms with Crippen molar-refractivity contribution in [2.45, 2.75) is 19.4 Å². The van der Waals surface area contributed by atoms with Crippen molar-refractivity contribution in [2.75, 3.05) is 13.1 Å². The molecule has 6 heteroatoms. The average Bonchev–Trinajstić information content (AvgIpc) is 2.96. The standard InChI is InChI=1S/C12H14N4O2/c17-12(18)9-4-3-5-11-13-10(14-16(9)11)8-15-6-1-2-7-15/h3-5H,1-2,6-8H2,(H,17,18). The number of nitrogens with zero attached hydrogens (tertiary/aromatic N) is 4. The summed E-state index contributed by atoms with van der Waals surface area (Å²) < 4.78 is 1.40. The predicted molar refractivity (Wildman–Crippen MR) is 64.5 cm³/mol. The van der Waals surface area contributed by atoms with Gasteiger partial charge in [0, 0.05) is 0 Å². The minimum atomic E-state index is -0.988. The molecule has 0 unspecified atom stereocenters. The molecule has 18 heavy (non-hydrogen) atoms. The Morgan fingerprint density at radius 2 is 2.11 bits per heavy atom. The zero-order valence-electron chi connectivity index (χ0n) is 9.91. The Morgan fingerprint density at radius 1 is 1.33 bits per heavy atom. The highest BCUT2D eigenvalue weighted by Gasteiger charge is 2.16. The summed E-state index contributed by atoms with van der Waals surface area (Å²) in [4.78, 5) is 17.7. The third-order valence-corrected chi connectivity index (χ3v) is 3.19. The summed E-state index contributed by atoms with van der Waals surface area (Å²) in [5.74, 6) is -0.302. The molecule has 1 aliphatic heterocycles. The molecule has 0 radical (unpaired) electrons. The molecule has 1 fully saturated rings. The number of rotatable bonds is 3. The second-order valence-corrected chi connectivity index (χ2v) is 4.50. The van der Waals surface area contributed by atoms with Gasteiger partial charge in [0.05, 0.1) is 6.54 Å². The van der Waals surface area contributed by atoms with Crippen LogP contribution in [0.15, 0.2) is 18.2 Å². The van der Waals surface area contributed by atoms with Gasteiger partial charge in [-0.1, -0.05) is 6.07 Å². The molecule has 2 aromatic rings. The van der Waals surface area contributed by atoms with Crippen molar-refractivity contribution in [3.63, 3.8) is 0 Å². The third kappa shape index (κ3) is 1.95. The first kappa shape index (κ1) is 11.2. The van der Waals surface area contributed by atoms with Gasteiger partial charge >= 0.3 is 5.97 Å². The van der Waals surface area contributed by atoms with Crippen LogP contribution >= 0.6 is 0 Å². The third-order valence-electron chi connectivity index (χ3n) is 3.19. The van der Waals surface area contributed by atoms with Crippen LogP contribution in [-0.2, 0) is 6.54 Å². The number of aromatic nitrogens is 3. The van der Waals surface area contributed by atoms with E-state index in [1.807, 2.05) is 0 Å². The van der Waals surface area contributed by atoms with Gasteiger partial charge < -0.3 is 5.11 Å². The molecule has 2 aromatic heterocycles. The van der Waals surface area contributed by atoms with E-state index in [4.69, 9.17) is 5.11 Å². The molecule has 0 bridgehead atoms. The number of hydrogen-bond acceptors (Lipinski definition) is 4. The molecule has 1 saturated heterocycles. The fourth-order valence-corrected chi connectivity index (χ4v) is 2.32. The minimum Gasteiger partial charge on any atom is -0.477 e. The molecule has 0 aromatic carbocycles. The molecule has 1 N–H and O–H groups in total. The smallest absolute Gasteiger partial charge is 0.354 e. The van der Waals surface area contributed by atoms with Crippen molar-refractivity contribution in [3.05, 3.63) is 29.7 Å². The minimum absolute atomic E-state index is 0.146. The van der Waals surface area contributed by atoms with Crippen molar-refractivity contribution < 1.29 is 9.90 Å². The number of carboxylic acid groups (broad SMARTS) is 1.